The first-order valence-corrected chi connectivity index (χ1v) is 11.4. The zero-order valence-electron chi connectivity index (χ0n) is 19.0. The Morgan fingerprint density at radius 1 is 0.914 bits per heavy atom. The molecule has 0 aliphatic rings. The van der Waals surface area contributed by atoms with Crippen LogP contribution in [0.3, 0.4) is 0 Å². The molecule has 0 radical (unpaired) electrons. The van der Waals surface area contributed by atoms with Crippen LogP contribution in [0.4, 0.5) is 5.82 Å². The predicted octanol–water partition coefficient (Wildman–Crippen LogP) is 5.50. The number of hydrogen-bond acceptors (Lipinski definition) is 5. The number of aromatic nitrogens is 5. The second kappa shape index (κ2) is 8.53. The van der Waals surface area contributed by atoms with Crippen molar-refractivity contribution in [3.8, 4) is 16.8 Å². The van der Waals surface area contributed by atoms with Crippen LogP contribution in [-0.2, 0) is 0 Å². The third-order valence-electron chi connectivity index (χ3n) is 6.22. The first-order valence-electron chi connectivity index (χ1n) is 11.4. The van der Waals surface area contributed by atoms with Gasteiger partial charge in [-0.3, -0.25) is 14.3 Å². The summed E-state index contributed by atoms with van der Waals surface area (Å²) < 4.78 is 1.79. The Hall–Kier alpha value is -4.78. The molecule has 6 aromatic rings. The Morgan fingerprint density at radius 3 is 2.57 bits per heavy atom. The van der Waals surface area contributed by atoms with E-state index < -0.39 is 0 Å². The summed E-state index contributed by atoms with van der Waals surface area (Å²) in [5, 5.41) is 5.03. The minimum absolute atomic E-state index is 0.0734. The maximum absolute atomic E-state index is 14.2. The van der Waals surface area contributed by atoms with Gasteiger partial charge in [-0.05, 0) is 59.8 Å². The van der Waals surface area contributed by atoms with Crippen molar-refractivity contribution < 1.29 is 0 Å². The molecule has 7 nitrogen and oxygen atoms in total. The predicted molar refractivity (Wildman–Crippen MR) is 139 cm³/mol. The fraction of sp³-hybridized carbons (Fsp3) is 0.0714. The highest BCUT2D eigenvalue weighted by atomic mass is 16.1. The van der Waals surface area contributed by atoms with Crippen molar-refractivity contribution in [2.75, 3.05) is 5.32 Å². The molecule has 1 atom stereocenters. The summed E-state index contributed by atoms with van der Waals surface area (Å²) in [6.07, 6.45) is 6.87. The van der Waals surface area contributed by atoms with Crippen LogP contribution < -0.4 is 10.9 Å². The van der Waals surface area contributed by atoms with Crippen LogP contribution >= 0.6 is 0 Å². The number of H-pyrrole nitrogens is 1. The lowest BCUT2D eigenvalue weighted by molar-refractivity contribution is 0.774. The maximum Gasteiger partial charge on any atom is 0.263 e. The molecule has 0 fully saturated rings. The largest absolute Gasteiger partial charge is 0.360 e. The molecule has 4 aromatic heterocycles. The van der Waals surface area contributed by atoms with Crippen molar-refractivity contribution in [2.45, 2.75) is 13.0 Å². The molecule has 0 aliphatic heterocycles. The first kappa shape index (κ1) is 20.8. The molecule has 35 heavy (non-hydrogen) atoms. The number of hydrogen-bond donors (Lipinski definition) is 2. The number of nitrogens with one attached hydrogen (secondary N) is 2. The van der Waals surface area contributed by atoms with Crippen LogP contribution in [0.2, 0.25) is 0 Å². The molecule has 0 amide bonds. The first-order chi connectivity index (χ1) is 17.2. The number of para-hydroxylation sites is 1. The third kappa shape index (κ3) is 3.63. The van der Waals surface area contributed by atoms with Crippen LogP contribution in [0, 0.1) is 0 Å². The average molecular weight is 459 g/mol. The van der Waals surface area contributed by atoms with Crippen LogP contribution in [0.5, 0.6) is 0 Å². The molecule has 0 aliphatic carbocycles. The molecule has 0 bridgehead atoms. The molecular formula is C28H22N6O. The van der Waals surface area contributed by atoms with E-state index in [9.17, 15) is 4.79 Å². The molecule has 0 unspecified atom stereocenters. The van der Waals surface area contributed by atoms with Gasteiger partial charge in [-0.2, -0.15) is 0 Å². The SMILES string of the molecule is C[C@H](Nc1nccc2[nH]cnc12)c1cc2cccc(-c3ccncc3)c2c(=O)n1-c1ccccc1. The lowest BCUT2D eigenvalue weighted by Gasteiger charge is -2.22. The molecule has 2 aromatic carbocycles. The molecule has 0 saturated carbocycles. The van der Waals surface area contributed by atoms with Crippen molar-refractivity contribution in [3.63, 3.8) is 0 Å². The highest BCUT2D eigenvalue weighted by Gasteiger charge is 2.19. The van der Waals surface area contributed by atoms with Crippen molar-refractivity contribution in [1.82, 2.24) is 24.5 Å². The van der Waals surface area contributed by atoms with Gasteiger partial charge >= 0.3 is 0 Å². The number of fused-ring (bicyclic) bond motifs is 2. The normalized spacial score (nSPS) is 12.1. The van der Waals surface area contributed by atoms with Gasteiger partial charge in [0.1, 0.15) is 5.52 Å². The van der Waals surface area contributed by atoms with E-state index in [1.165, 1.54) is 0 Å². The number of benzene rings is 2. The highest BCUT2D eigenvalue weighted by Crippen LogP contribution is 2.30. The fourth-order valence-electron chi connectivity index (χ4n) is 4.57. The van der Waals surface area contributed by atoms with Gasteiger partial charge in [-0.15, -0.1) is 0 Å². The number of anilines is 1. The van der Waals surface area contributed by atoms with Gasteiger partial charge in [-0.1, -0.05) is 36.4 Å². The van der Waals surface area contributed by atoms with E-state index in [2.05, 4.69) is 31.3 Å². The molecule has 170 valence electrons. The topological polar surface area (TPSA) is 88.5 Å². The summed E-state index contributed by atoms with van der Waals surface area (Å²) in [5.74, 6) is 0.661. The molecule has 2 N–H and O–H groups in total. The Labute approximate surface area is 201 Å². The Bertz CT molecular complexity index is 1710. The highest BCUT2D eigenvalue weighted by molar-refractivity contribution is 5.96. The third-order valence-corrected chi connectivity index (χ3v) is 6.22. The Kier molecular flexibility index (Phi) is 5.07. The monoisotopic (exact) mass is 458 g/mol. The van der Waals surface area contributed by atoms with Gasteiger partial charge in [0.2, 0.25) is 0 Å². The van der Waals surface area contributed by atoms with E-state index in [0.717, 1.165) is 38.9 Å². The molecule has 0 spiro atoms. The standard InChI is InChI=1S/C28H22N6O/c1-18(33-27-26-23(12-15-30-27)31-17-32-26)24-16-20-6-5-9-22(19-10-13-29-14-11-19)25(20)28(35)34(24)21-7-3-2-4-8-21/h2-18H,1H3,(H,30,33)(H,31,32)/t18-/m0/s1. The maximum atomic E-state index is 14.2. The summed E-state index contributed by atoms with van der Waals surface area (Å²) in [6, 6.07) is 23.3. The molecule has 7 heteroatoms. The lowest BCUT2D eigenvalue weighted by atomic mass is 9.98. The van der Waals surface area contributed by atoms with Crippen molar-refractivity contribution >= 4 is 27.6 Å². The summed E-state index contributed by atoms with van der Waals surface area (Å²) >= 11 is 0. The fourth-order valence-corrected chi connectivity index (χ4v) is 4.57. The number of imidazole rings is 1. The van der Waals surface area contributed by atoms with E-state index in [0.29, 0.717) is 11.2 Å². The van der Waals surface area contributed by atoms with E-state index in [1.54, 1.807) is 29.5 Å². The number of rotatable bonds is 5. The Balaban J connectivity index is 1.58. The van der Waals surface area contributed by atoms with Gasteiger partial charge < -0.3 is 10.3 Å². The van der Waals surface area contributed by atoms with Gasteiger partial charge in [0.25, 0.3) is 5.56 Å². The van der Waals surface area contributed by atoms with Crippen LogP contribution in [-0.4, -0.2) is 24.5 Å². The van der Waals surface area contributed by atoms with E-state index in [-0.39, 0.29) is 11.6 Å². The van der Waals surface area contributed by atoms with Gasteiger partial charge in [0.15, 0.2) is 5.82 Å². The van der Waals surface area contributed by atoms with E-state index in [1.807, 2.05) is 73.7 Å². The van der Waals surface area contributed by atoms with E-state index >= 15 is 0 Å². The molecule has 6 rings (SSSR count). The smallest absolute Gasteiger partial charge is 0.263 e. The van der Waals surface area contributed by atoms with Crippen LogP contribution in [0.1, 0.15) is 18.7 Å². The zero-order valence-corrected chi connectivity index (χ0v) is 19.0. The minimum atomic E-state index is -0.230. The zero-order chi connectivity index (χ0) is 23.8. The number of pyridine rings is 3. The number of nitrogens with zero attached hydrogens (tertiary/aromatic N) is 4. The van der Waals surface area contributed by atoms with Gasteiger partial charge in [0.05, 0.1) is 23.3 Å². The molecular weight excluding hydrogens is 436 g/mol. The summed E-state index contributed by atoms with van der Waals surface area (Å²) in [6.45, 7) is 2.03. The second-order valence-corrected chi connectivity index (χ2v) is 8.38. The summed E-state index contributed by atoms with van der Waals surface area (Å²) in [4.78, 5) is 30.3. The summed E-state index contributed by atoms with van der Waals surface area (Å²) in [7, 11) is 0. The average Bonchev–Trinajstić information content (AvgIpc) is 3.39. The Morgan fingerprint density at radius 2 is 1.74 bits per heavy atom. The summed E-state index contributed by atoms with van der Waals surface area (Å²) in [5.41, 5.74) is 5.05. The quantitative estimate of drug-likeness (QED) is 0.356. The van der Waals surface area contributed by atoms with Crippen LogP contribution in [0.25, 0.3) is 38.6 Å². The van der Waals surface area contributed by atoms with Gasteiger partial charge in [0, 0.05) is 30.0 Å². The van der Waals surface area contributed by atoms with E-state index in [4.69, 9.17) is 0 Å². The van der Waals surface area contributed by atoms with Crippen molar-refractivity contribution in [1.29, 1.82) is 0 Å². The minimum Gasteiger partial charge on any atom is -0.360 e. The van der Waals surface area contributed by atoms with Crippen molar-refractivity contribution in [2.24, 2.45) is 0 Å². The lowest BCUT2D eigenvalue weighted by Crippen LogP contribution is -2.26. The number of aromatic amines is 1. The molecule has 0 saturated heterocycles. The van der Waals surface area contributed by atoms with Gasteiger partial charge in [-0.25, -0.2) is 9.97 Å². The second-order valence-electron chi connectivity index (χ2n) is 8.38. The molecule has 4 heterocycles. The van der Waals surface area contributed by atoms with Crippen molar-refractivity contribution in [3.05, 3.63) is 114 Å². The van der Waals surface area contributed by atoms with Crippen LogP contribution in [0.15, 0.2) is 103 Å².